The standard InChI is InChI=1S/C17H21FN2O3S2/c1-11-5-6-13(9-14(11)18)19-16(22)12(2)23-15(21)10-25-17(24)20-7-3-4-8-20/h5-6,9,12H,3-4,7-8,10H2,1-2H3,(H,19,22)/t12-/m1/s1. The summed E-state index contributed by atoms with van der Waals surface area (Å²) in [6, 6.07) is 4.39. The minimum absolute atomic E-state index is 0.0616. The van der Waals surface area contributed by atoms with Crippen molar-refractivity contribution in [3.8, 4) is 0 Å². The molecule has 1 aliphatic heterocycles. The molecule has 0 radical (unpaired) electrons. The normalized spacial score (nSPS) is 14.9. The first-order chi connectivity index (χ1) is 11.9. The maximum absolute atomic E-state index is 13.5. The van der Waals surface area contributed by atoms with Crippen LogP contribution in [0.2, 0.25) is 0 Å². The minimum Gasteiger partial charge on any atom is -0.452 e. The van der Waals surface area contributed by atoms with Crippen molar-refractivity contribution in [2.24, 2.45) is 0 Å². The minimum atomic E-state index is -0.974. The monoisotopic (exact) mass is 384 g/mol. The van der Waals surface area contributed by atoms with E-state index in [1.807, 2.05) is 0 Å². The summed E-state index contributed by atoms with van der Waals surface area (Å²) in [6.07, 6.45) is 1.25. The van der Waals surface area contributed by atoms with Crippen molar-refractivity contribution >= 4 is 45.9 Å². The van der Waals surface area contributed by atoms with E-state index >= 15 is 0 Å². The summed E-state index contributed by atoms with van der Waals surface area (Å²) >= 11 is 6.52. The van der Waals surface area contributed by atoms with Gasteiger partial charge < -0.3 is 15.0 Å². The molecule has 1 atom stereocenters. The number of nitrogens with zero attached hydrogens (tertiary/aromatic N) is 1. The smallest absolute Gasteiger partial charge is 0.317 e. The van der Waals surface area contributed by atoms with Crippen LogP contribution in [0, 0.1) is 12.7 Å². The number of rotatable bonds is 5. The molecule has 1 fully saturated rings. The molecule has 25 heavy (non-hydrogen) atoms. The molecule has 2 rings (SSSR count). The lowest BCUT2D eigenvalue weighted by Crippen LogP contribution is -2.31. The van der Waals surface area contributed by atoms with Crippen LogP contribution in [0.25, 0.3) is 0 Å². The van der Waals surface area contributed by atoms with Crippen molar-refractivity contribution in [2.45, 2.75) is 32.8 Å². The molecule has 8 heteroatoms. The highest BCUT2D eigenvalue weighted by atomic mass is 32.2. The molecule has 0 aliphatic carbocycles. The second-order valence-corrected chi connectivity index (χ2v) is 7.44. The van der Waals surface area contributed by atoms with Gasteiger partial charge in [0.25, 0.3) is 5.91 Å². The Morgan fingerprint density at radius 3 is 2.72 bits per heavy atom. The van der Waals surface area contributed by atoms with Gasteiger partial charge in [0, 0.05) is 18.8 Å². The molecule has 0 saturated carbocycles. The first-order valence-corrected chi connectivity index (χ1v) is 9.44. The highest BCUT2D eigenvalue weighted by Gasteiger charge is 2.20. The van der Waals surface area contributed by atoms with E-state index in [9.17, 15) is 14.0 Å². The van der Waals surface area contributed by atoms with Gasteiger partial charge in [-0.2, -0.15) is 0 Å². The summed E-state index contributed by atoms with van der Waals surface area (Å²) in [7, 11) is 0. The third kappa shape index (κ3) is 5.97. The number of amides is 1. The summed E-state index contributed by atoms with van der Waals surface area (Å²) in [4.78, 5) is 26.0. The second-order valence-electron chi connectivity index (χ2n) is 5.83. The molecule has 1 amide bonds. The molecule has 0 aromatic heterocycles. The van der Waals surface area contributed by atoms with Crippen LogP contribution >= 0.6 is 24.0 Å². The number of ether oxygens (including phenoxy) is 1. The Kier molecular flexibility index (Phi) is 7.19. The number of thioether (sulfide) groups is 1. The quantitative estimate of drug-likeness (QED) is 0.622. The zero-order valence-corrected chi connectivity index (χ0v) is 15.8. The van der Waals surface area contributed by atoms with Crippen molar-refractivity contribution in [3.63, 3.8) is 0 Å². The number of carbonyl (C=O) groups excluding carboxylic acids is 2. The van der Waals surface area contributed by atoms with Crippen molar-refractivity contribution in [1.29, 1.82) is 0 Å². The fraction of sp³-hybridized carbons (Fsp3) is 0.471. The number of thiocarbonyl (C=S) groups is 1. The molecule has 0 bridgehead atoms. The zero-order valence-electron chi connectivity index (χ0n) is 14.2. The number of aryl methyl sites for hydroxylation is 1. The van der Waals surface area contributed by atoms with Crippen LogP contribution in [0.3, 0.4) is 0 Å². The topological polar surface area (TPSA) is 58.6 Å². The zero-order chi connectivity index (χ0) is 18.4. The van der Waals surface area contributed by atoms with Gasteiger partial charge in [-0.15, -0.1) is 0 Å². The summed E-state index contributed by atoms with van der Waals surface area (Å²) in [5, 5.41) is 2.53. The molecule has 1 N–H and O–H groups in total. The van der Waals surface area contributed by atoms with E-state index in [1.54, 1.807) is 19.1 Å². The number of carbonyl (C=O) groups is 2. The van der Waals surface area contributed by atoms with Gasteiger partial charge in [-0.05, 0) is 44.4 Å². The van der Waals surface area contributed by atoms with Crippen LogP contribution < -0.4 is 5.32 Å². The predicted octanol–water partition coefficient (Wildman–Crippen LogP) is 3.12. The van der Waals surface area contributed by atoms with Gasteiger partial charge in [0.15, 0.2) is 6.10 Å². The number of nitrogens with one attached hydrogen (secondary N) is 1. The van der Waals surface area contributed by atoms with E-state index in [4.69, 9.17) is 17.0 Å². The number of likely N-dealkylation sites (tertiary alicyclic amines) is 1. The maximum Gasteiger partial charge on any atom is 0.317 e. The van der Waals surface area contributed by atoms with Crippen LogP contribution in [-0.2, 0) is 14.3 Å². The van der Waals surface area contributed by atoms with Gasteiger partial charge in [0.1, 0.15) is 10.1 Å². The van der Waals surface area contributed by atoms with Crippen LogP contribution in [0.4, 0.5) is 10.1 Å². The lowest BCUT2D eigenvalue weighted by molar-refractivity contribution is -0.150. The third-order valence-electron chi connectivity index (χ3n) is 3.79. The number of halogens is 1. The van der Waals surface area contributed by atoms with E-state index < -0.39 is 23.8 Å². The predicted molar refractivity (Wildman–Crippen MR) is 101 cm³/mol. The van der Waals surface area contributed by atoms with Gasteiger partial charge in [0.2, 0.25) is 0 Å². The Morgan fingerprint density at radius 2 is 2.08 bits per heavy atom. The lowest BCUT2D eigenvalue weighted by Gasteiger charge is -2.18. The molecule has 136 valence electrons. The highest BCUT2D eigenvalue weighted by Crippen LogP contribution is 2.17. The Bertz CT molecular complexity index is 663. The Morgan fingerprint density at radius 1 is 1.40 bits per heavy atom. The van der Waals surface area contributed by atoms with Crippen molar-refractivity contribution in [3.05, 3.63) is 29.6 Å². The summed E-state index contributed by atoms with van der Waals surface area (Å²) in [5.41, 5.74) is 0.809. The second kappa shape index (κ2) is 9.15. The average molecular weight is 384 g/mol. The SMILES string of the molecule is Cc1ccc(NC(=O)[C@@H](C)OC(=O)CSC(=S)N2CCCC2)cc1F. The van der Waals surface area contributed by atoms with E-state index in [0.29, 0.717) is 15.6 Å². The number of hydrogen-bond acceptors (Lipinski definition) is 5. The summed E-state index contributed by atoms with van der Waals surface area (Å²) < 4.78 is 19.3. The molecule has 1 aromatic carbocycles. The van der Waals surface area contributed by atoms with Gasteiger partial charge in [-0.1, -0.05) is 30.0 Å². The molecule has 1 heterocycles. The fourth-order valence-electron chi connectivity index (χ4n) is 2.31. The third-order valence-corrected chi connectivity index (χ3v) is 5.29. The molecular weight excluding hydrogens is 363 g/mol. The largest absolute Gasteiger partial charge is 0.452 e. The van der Waals surface area contributed by atoms with Gasteiger partial charge >= 0.3 is 5.97 Å². The molecular formula is C17H21FN2O3S2. The van der Waals surface area contributed by atoms with Crippen LogP contribution in [0.1, 0.15) is 25.3 Å². The summed E-state index contributed by atoms with van der Waals surface area (Å²) in [5.74, 6) is -1.37. The Hall–Kier alpha value is -1.67. The lowest BCUT2D eigenvalue weighted by atomic mass is 10.2. The molecule has 5 nitrogen and oxygen atoms in total. The molecule has 1 aromatic rings. The Labute approximate surface area is 156 Å². The maximum atomic E-state index is 13.5. The fourth-order valence-corrected chi connectivity index (χ4v) is 3.34. The Balaban J connectivity index is 1.76. The number of anilines is 1. The molecule has 1 aliphatic rings. The number of benzene rings is 1. The van der Waals surface area contributed by atoms with E-state index in [2.05, 4.69) is 10.2 Å². The van der Waals surface area contributed by atoms with E-state index in [-0.39, 0.29) is 5.75 Å². The molecule has 0 spiro atoms. The van der Waals surface area contributed by atoms with E-state index in [1.165, 1.54) is 24.8 Å². The summed E-state index contributed by atoms with van der Waals surface area (Å²) in [6.45, 7) is 4.95. The van der Waals surface area contributed by atoms with Crippen molar-refractivity contribution < 1.29 is 18.7 Å². The van der Waals surface area contributed by atoms with Gasteiger partial charge in [0.05, 0.1) is 5.75 Å². The first-order valence-electron chi connectivity index (χ1n) is 8.05. The van der Waals surface area contributed by atoms with Crippen LogP contribution in [-0.4, -0.2) is 46.0 Å². The number of esters is 1. The van der Waals surface area contributed by atoms with Crippen LogP contribution in [0.15, 0.2) is 18.2 Å². The number of hydrogen-bond donors (Lipinski definition) is 1. The van der Waals surface area contributed by atoms with Gasteiger partial charge in [-0.25, -0.2) is 4.39 Å². The molecule has 0 unspecified atom stereocenters. The average Bonchev–Trinajstić information content (AvgIpc) is 3.10. The molecule has 1 saturated heterocycles. The van der Waals surface area contributed by atoms with Gasteiger partial charge in [-0.3, -0.25) is 9.59 Å². The highest BCUT2D eigenvalue weighted by molar-refractivity contribution is 8.23. The van der Waals surface area contributed by atoms with E-state index in [0.717, 1.165) is 25.9 Å². The van der Waals surface area contributed by atoms with Crippen LogP contribution in [0.5, 0.6) is 0 Å². The van der Waals surface area contributed by atoms with Crippen molar-refractivity contribution in [1.82, 2.24) is 4.90 Å². The van der Waals surface area contributed by atoms with Crippen molar-refractivity contribution in [2.75, 3.05) is 24.2 Å². The first kappa shape index (κ1) is 19.7.